The lowest BCUT2D eigenvalue weighted by Gasteiger charge is -2.51. The summed E-state index contributed by atoms with van der Waals surface area (Å²) in [7, 11) is 1.59. The number of ether oxygens (including phenoxy) is 3. The first-order valence-electron chi connectivity index (χ1n) is 8.59. The zero-order valence-corrected chi connectivity index (χ0v) is 14.3. The van der Waals surface area contributed by atoms with Gasteiger partial charge < -0.3 is 19.5 Å². The van der Waals surface area contributed by atoms with Gasteiger partial charge in [-0.15, -0.1) is 0 Å². The number of hydrogen-bond donors (Lipinski definition) is 1. The van der Waals surface area contributed by atoms with E-state index in [2.05, 4.69) is 10.2 Å². The van der Waals surface area contributed by atoms with Crippen LogP contribution in [0, 0.1) is 0 Å². The van der Waals surface area contributed by atoms with Gasteiger partial charge in [0.1, 0.15) is 0 Å². The first-order valence-corrected chi connectivity index (χ1v) is 8.59. The molecule has 1 saturated heterocycles. The minimum absolute atomic E-state index is 0.000432. The number of para-hydroxylation sites is 2. The van der Waals surface area contributed by atoms with Crippen LogP contribution in [0.1, 0.15) is 19.3 Å². The molecule has 1 heterocycles. The number of nitrogens with zero attached hydrogens (tertiary/aromatic N) is 1. The zero-order chi connectivity index (χ0) is 16.8. The van der Waals surface area contributed by atoms with Crippen molar-refractivity contribution in [3.8, 4) is 11.5 Å². The molecule has 0 radical (unpaired) electrons. The van der Waals surface area contributed by atoms with Gasteiger partial charge in [0.2, 0.25) is 0 Å². The summed E-state index contributed by atoms with van der Waals surface area (Å²) in [5.41, 5.74) is 0.115. The molecule has 24 heavy (non-hydrogen) atoms. The Balaban J connectivity index is 1.48. The molecule has 1 N–H and O–H groups in total. The van der Waals surface area contributed by atoms with Crippen LogP contribution in [0.4, 0.5) is 0 Å². The maximum atomic E-state index is 12.2. The van der Waals surface area contributed by atoms with Crippen molar-refractivity contribution in [1.29, 1.82) is 0 Å². The third-order valence-electron chi connectivity index (χ3n) is 5.01. The van der Waals surface area contributed by atoms with E-state index in [1.165, 1.54) is 6.42 Å². The van der Waals surface area contributed by atoms with Gasteiger partial charge in [-0.1, -0.05) is 12.1 Å². The van der Waals surface area contributed by atoms with Gasteiger partial charge in [-0.05, 0) is 31.4 Å². The molecule has 0 unspecified atom stereocenters. The molecule has 0 aromatic heterocycles. The first kappa shape index (κ1) is 17.0. The topological polar surface area (TPSA) is 60.0 Å². The Morgan fingerprint density at radius 2 is 1.96 bits per heavy atom. The highest BCUT2D eigenvalue weighted by atomic mass is 16.5. The number of benzene rings is 1. The van der Waals surface area contributed by atoms with E-state index >= 15 is 0 Å². The van der Waals surface area contributed by atoms with Crippen molar-refractivity contribution in [1.82, 2.24) is 10.2 Å². The van der Waals surface area contributed by atoms with E-state index in [0.29, 0.717) is 18.0 Å². The molecule has 2 fully saturated rings. The van der Waals surface area contributed by atoms with Crippen molar-refractivity contribution in [2.45, 2.75) is 24.8 Å². The third-order valence-corrected chi connectivity index (χ3v) is 5.01. The van der Waals surface area contributed by atoms with Crippen molar-refractivity contribution in [2.24, 2.45) is 0 Å². The summed E-state index contributed by atoms with van der Waals surface area (Å²) in [6.45, 7) is 4.15. The number of nitrogens with one attached hydrogen (secondary N) is 1. The fourth-order valence-electron chi connectivity index (χ4n) is 3.42. The SMILES string of the molecule is COc1ccccc1OCC(=O)NCC1(N2CCOCC2)CCC1. The number of carbonyl (C=O) groups is 1. The minimum Gasteiger partial charge on any atom is -0.493 e. The van der Waals surface area contributed by atoms with Gasteiger partial charge in [-0.2, -0.15) is 0 Å². The molecule has 3 rings (SSSR count). The normalized spacial score (nSPS) is 20.0. The van der Waals surface area contributed by atoms with Gasteiger partial charge >= 0.3 is 0 Å². The Kier molecular flexibility index (Phi) is 5.58. The Morgan fingerprint density at radius 3 is 2.58 bits per heavy atom. The molecule has 132 valence electrons. The largest absolute Gasteiger partial charge is 0.493 e. The van der Waals surface area contributed by atoms with Crippen molar-refractivity contribution in [3.05, 3.63) is 24.3 Å². The van der Waals surface area contributed by atoms with E-state index in [1.54, 1.807) is 13.2 Å². The molecule has 0 bridgehead atoms. The molecule has 1 aliphatic heterocycles. The number of carbonyl (C=O) groups excluding carboxylic acids is 1. The maximum Gasteiger partial charge on any atom is 0.258 e. The predicted molar refractivity (Wildman–Crippen MR) is 90.5 cm³/mol. The van der Waals surface area contributed by atoms with Gasteiger partial charge in [-0.3, -0.25) is 9.69 Å². The molecule has 1 aromatic rings. The fraction of sp³-hybridized carbons (Fsp3) is 0.611. The number of hydrogen-bond acceptors (Lipinski definition) is 5. The molecule has 0 spiro atoms. The van der Waals surface area contributed by atoms with E-state index < -0.39 is 0 Å². The second-order valence-electron chi connectivity index (χ2n) is 6.39. The Morgan fingerprint density at radius 1 is 1.25 bits per heavy atom. The Labute approximate surface area is 143 Å². The van der Waals surface area contributed by atoms with Crippen LogP contribution in [0.5, 0.6) is 11.5 Å². The van der Waals surface area contributed by atoms with Crippen molar-refractivity contribution < 1.29 is 19.0 Å². The summed E-state index contributed by atoms with van der Waals surface area (Å²) in [5.74, 6) is 1.12. The van der Waals surface area contributed by atoms with E-state index in [4.69, 9.17) is 14.2 Å². The van der Waals surface area contributed by atoms with E-state index in [0.717, 1.165) is 39.1 Å². The number of amides is 1. The summed E-state index contributed by atoms with van der Waals surface area (Å²) in [6.07, 6.45) is 3.51. The third kappa shape index (κ3) is 3.82. The van der Waals surface area contributed by atoms with Gasteiger partial charge in [0.05, 0.1) is 20.3 Å². The van der Waals surface area contributed by atoms with Gasteiger partial charge in [0.25, 0.3) is 5.91 Å². The summed E-state index contributed by atoms with van der Waals surface area (Å²) in [5, 5.41) is 3.04. The lowest BCUT2D eigenvalue weighted by atomic mass is 9.75. The predicted octanol–water partition coefficient (Wildman–Crippen LogP) is 1.45. The van der Waals surface area contributed by atoms with E-state index in [1.807, 2.05) is 18.2 Å². The molecule has 2 aliphatic rings. The van der Waals surface area contributed by atoms with E-state index in [9.17, 15) is 4.79 Å². The summed E-state index contributed by atoms with van der Waals surface area (Å²) >= 11 is 0. The van der Waals surface area contributed by atoms with Crippen molar-refractivity contribution >= 4 is 5.91 Å². The molecule has 1 amide bonds. The lowest BCUT2D eigenvalue weighted by Crippen LogP contribution is -2.62. The highest BCUT2D eigenvalue weighted by Gasteiger charge is 2.42. The molecule has 1 aromatic carbocycles. The van der Waals surface area contributed by atoms with Crippen LogP contribution < -0.4 is 14.8 Å². The molecular formula is C18H26N2O4. The van der Waals surface area contributed by atoms with Crippen LogP contribution >= 0.6 is 0 Å². The van der Waals surface area contributed by atoms with E-state index in [-0.39, 0.29) is 18.1 Å². The molecular weight excluding hydrogens is 308 g/mol. The molecule has 1 saturated carbocycles. The number of methoxy groups -OCH3 is 1. The zero-order valence-electron chi connectivity index (χ0n) is 14.3. The summed E-state index contributed by atoms with van der Waals surface area (Å²) in [6, 6.07) is 7.34. The van der Waals surface area contributed by atoms with Crippen molar-refractivity contribution in [3.63, 3.8) is 0 Å². The minimum atomic E-state index is -0.0968. The van der Waals surface area contributed by atoms with Crippen LogP contribution in [-0.4, -0.2) is 62.9 Å². The highest BCUT2D eigenvalue weighted by Crippen LogP contribution is 2.37. The summed E-state index contributed by atoms with van der Waals surface area (Å²) < 4.78 is 16.2. The second-order valence-corrected chi connectivity index (χ2v) is 6.39. The fourth-order valence-corrected chi connectivity index (χ4v) is 3.42. The quantitative estimate of drug-likeness (QED) is 0.818. The second kappa shape index (κ2) is 7.85. The van der Waals surface area contributed by atoms with Crippen LogP contribution in [0.3, 0.4) is 0 Å². The maximum absolute atomic E-state index is 12.2. The van der Waals surface area contributed by atoms with Gasteiger partial charge in [-0.25, -0.2) is 0 Å². The summed E-state index contributed by atoms with van der Waals surface area (Å²) in [4.78, 5) is 14.6. The highest BCUT2D eigenvalue weighted by molar-refractivity contribution is 5.77. The molecule has 0 atom stereocenters. The number of morpholine rings is 1. The standard InChI is InChI=1S/C18H26N2O4/c1-22-15-5-2-3-6-16(15)24-13-17(21)19-14-18(7-4-8-18)20-9-11-23-12-10-20/h2-3,5-6H,4,7-14H2,1H3,(H,19,21). The first-order chi connectivity index (χ1) is 11.7. The Bertz CT molecular complexity index is 554. The smallest absolute Gasteiger partial charge is 0.258 e. The van der Waals surface area contributed by atoms with Crippen molar-refractivity contribution in [2.75, 3.05) is 46.6 Å². The van der Waals surface area contributed by atoms with Crippen LogP contribution in [0.2, 0.25) is 0 Å². The van der Waals surface area contributed by atoms with Gasteiger partial charge in [0, 0.05) is 25.2 Å². The van der Waals surface area contributed by atoms with Gasteiger partial charge in [0.15, 0.2) is 18.1 Å². The molecule has 1 aliphatic carbocycles. The average Bonchev–Trinajstić information content (AvgIpc) is 2.60. The van der Waals surface area contributed by atoms with Crippen LogP contribution in [0.15, 0.2) is 24.3 Å². The lowest BCUT2D eigenvalue weighted by molar-refractivity contribution is -0.125. The molecule has 6 heteroatoms. The van der Waals surface area contributed by atoms with Crippen LogP contribution in [0.25, 0.3) is 0 Å². The number of rotatable bonds is 7. The molecule has 6 nitrogen and oxygen atoms in total. The average molecular weight is 334 g/mol. The monoisotopic (exact) mass is 334 g/mol. The van der Waals surface area contributed by atoms with Crippen LogP contribution in [-0.2, 0) is 9.53 Å². The Hall–Kier alpha value is -1.79.